The van der Waals surface area contributed by atoms with Crippen LogP contribution in [0.3, 0.4) is 0 Å². The zero-order chi connectivity index (χ0) is 22.7. The molecule has 0 aliphatic heterocycles. The first kappa shape index (κ1) is 21.0. The molecule has 0 saturated carbocycles. The molecule has 4 rings (SSSR count). The first-order valence-electron chi connectivity index (χ1n) is 9.99. The topological polar surface area (TPSA) is 81.5 Å². The van der Waals surface area contributed by atoms with Gasteiger partial charge >= 0.3 is 5.97 Å². The summed E-state index contributed by atoms with van der Waals surface area (Å²) in [7, 11) is 2.80. The lowest BCUT2D eigenvalue weighted by molar-refractivity contribution is 0.0601. The Labute approximate surface area is 184 Å². The van der Waals surface area contributed by atoms with Crippen molar-refractivity contribution in [1.29, 1.82) is 0 Å². The monoisotopic (exact) mass is 427 g/mol. The van der Waals surface area contributed by atoms with Crippen molar-refractivity contribution < 1.29 is 14.3 Å². The molecule has 0 spiro atoms. The van der Waals surface area contributed by atoms with Gasteiger partial charge in [-0.25, -0.2) is 9.78 Å². The molecule has 2 heterocycles. The average Bonchev–Trinajstić information content (AvgIpc) is 2.84. The number of esters is 1. The number of anilines is 1. The van der Waals surface area contributed by atoms with E-state index in [2.05, 4.69) is 4.98 Å². The van der Waals surface area contributed by atoms with E-state index in [1.807, 2.05) is 36.4 Å². The van der Waals surface area contributed by atoms with E-state index in [1.54, 1.807) is 42.6 Å². The Kier molecular flexibility index (Phi) is 5.81. The molecule has 0 unspecified atom stereocenters. The van der Waals surface area contributed by atoms with Crippen molar-refractivity contribution >= 4 is 28.6 Å². The summed E-state index contributed by atoms with van der Waals surface area (Å²) >= 11 is 0. The molecule has 0 aliphatic carbocycles. The van der Waals surface area contributed by atoms with Crippen molar-refractivity contribution in [2.45, 2.75) is 6.54 Å². The van der Waals surface area contributed by atoms with Gasteiger partial charge in [-0.1, -0.05) is 42.5 Å². The van der Waals surface area contributed by atoms with E-state index in [-0.39, 0.29) is 17.7 Å². The summed E-state index contributed by atoms with van der Waals surface area (Å²) in [5, 5.41) is 0.668. The van der Waals surface area contributed by atoms with E-state index < -0.39 is 17.4 Å². The molecule has 0 fully saturated rings. The number of ether oxygens (including phenoxy) is 1. The highest BCUT2D eigenvalue weighted by molar-refractivity contribution is 6.10. The van der Waals surface area contributed by atoms with Gasteiger partial charge in [0, 0.05) is 18.6 Å². The number of fused-ring (bicyclic) bond motifs is 1. The molecule has 160 valence electrons. The lowest BCUT2D eigenvalue weighted by Gasteiger charge is -2.20. The van der Waals surface area contributed by atoms with Crippen LogP contribution < -0.4 is 10.5 Å². The number of hydrogen-bond donors (Lipinski definition) is 0. The molecular formula is C25H21N3O4. The van der Waals surface area contributed by atoms with Crippen LogP contribution in [-0.4, -0.2) is 35.6 Å². The summed E-state index contributed by atoms with van der Waals surface area (Å²) in [5.41, 5.74) is 1.53. The number of amides is 1. The fourth-order valence-electron chi connectivity index (χ4n) is 3.61. The normalized spacial score (nSPS) is 10.7. The van der Waals surface area contributed by atoms with E-state index in [0.29, 0.717) is 16.7 Å². The Morgan fingerprint density at radius 1 is 0.969 bits per heavy atom. The summed E-state index contributed by atoms with van der Waals surface area (Å²) in [5.74, 6) is -1.09. The van der Waals surface area contributed by atoms with Gasteiger partial charge in [0.25, 0.3) is 11.5 Å². The number of rotatable bonds is 5. The largest absolute Gasteiger partial charge is 0.465 e. The molecule has 0 aliphatic rings. The summed E-state index contributed by atoms with van der Waals surface area (Å²) in [6.07, 6.45) is 1.61. The summed E-state index contributed by atoms with van der Waals surface area (Å²) in [6, 6.07) is 21.2. The molecule has 7 nitrogen and oxygen atoms in total. The Balaban J connectivity index is 1.83. The van der Waals surface area contributed by atoms with Crippen LogP contribution in [0.25, 0.3) is 11.0 Å². The molecule has 1 amide bonds. The van der Waals surface area contributed by atoms with Crippen LogP contribution in [0, 0.1) is 0 Å². The van der Waals surface area contributed by atoms with E-state index in [0.717, 1.165) is 5.56 Å². The summed E-state index contributed by atoms with van der Waals surface area (Å²) in [6.45, 7) is 0.275. The third-order valence-electron chi connectivity index (χ3n) is 5.24. The highest BCUT2D eigenvalue weighted by atomic mass is 16.5. The molecule has 4 aromatic rings. The van der Waals surface area contributed by atoms with Crippen LogP contribution in [-0.2, 0) is 11.3 Å². The SMILES string of the molecule is COC(=O)c1ccccc1N(C)C(=O)c1cc2cccnc2n(Cc2ccccc2)c1=O. The van der Waals surface area contributed by atoms with Gasteiger partial charge in [-0.15, -0.1) is 0 Å². The quantitative estimate of drug-likeness (QED) is 0.455. The van der Waals surface area contributed by atoms with Crippen molar-refractivity contribution in [3.8, 4) is 0 Å². The lowest BCUT2D eigenvalue weighted by Crippen LogP contribution is -2.35. The van der Waals surface area contributed by atoms with Crippen molar-refractivity contribution in [2.24, 2.45) is 0 Å². The molecule has 0 N–H and O–H groups in total. The third kappa shape index (κ3) is 3.88. The molecule has 7 heteroatoms. The van der Waals surface area contributed by atoms with Gasteiger partial charge in [0.1, 0.15) is 11.2 Å². The summed E-state index contributed by atoms with van der Waals surface area (Å²) < 4.78 is 6.33. The zero-order valence-corrected chi connectivity index (χ0v) is 17.7. The van der Waals surface area contributed by atoms with E-state index in [9.17, 15) is 14.4 Å². The minimum atomic E-state index is -0.565. The van der Waals surface area contributed by atoms with Crippen LogP contribution >= 0.6 is 0 Å². The number of carbonyl (C=O) groups excluding carboxylic acids is 2. The number of pyridine rings is 2. The second kappa shape index (κ2) is 8.85. The fraction of sp³-hybridized carbons (Fsp3) is 0.120. The molecule has 0 radical (unpaired) electrons. The Morgan fingerprint density at radius 2 is 1.69 bits per heavy atom. The minimum Gasteiger partial charge on any atom is -0.465 e. The van der Waals surface area contributed by atoms with E-state index in [1.165, 1.54) is 23.6 Å². The van der Waals surface area contributed by atoms with Gasteiger partial charge < -0.3 is 9.64 Å². The zero-order valence-electron chi connectivity index (χ0n) is 17.7. The molecule has 2 aromatic carbocycles. The molecule has 0 atom stereocenters. The van der Waals surface area contributed by atoms with Gasteiger partial charge in [-0.2, -0.15) is 0 Å². The molecule has 32 heavy (non-hydrogen) atoms. The number of para-hydroxylation sites is 1. The van der Waals surface area contributed by atoms with Gasteiger partial charge in [-0.3, -0.25) is 14.2 Å². The van der Waals surface area contributed by atoms with Crippen LogP contribution in [0.4, 0.5) is 5.69 Å². The highest BCUT2D eigenvalue weighted by Crippen LogP contribution is 2.22. The maximum absolute atomic E-state index is 13.4. The molecule has 0 bridgehead atoms. The standard InChI is InChI=1S/C25H21N3O4/c1-27(21-13-7-6-12-19(21)25(31)32-2)23(29)20-15-18-11-8-14-26-22(18)28(24(20)30)16-17-9-4-3-5-10-17/h3-15H,16H2,1-2H3. The van der Waals surface area contributed by atoms with E-state index in [4.69, 9.17) is 4.74 Å². The smallest absolute Gasteiger partial charge is 0.339 e. The number of methoxy groups -OCH3 is 1. The van der Waals surface area contributed by atoms with Crippen LogP contribution in [0.1, 0.15) is 26.3 Å². The Bertz CT molecular complexity index is 1360. The van der Waals surface area contributed by atoms with Gasteiger partial charge in [0.05, 0.1) is 24.9 Å². The number of aromatic nitrogens is 2. The Hall–Kier alpha value is -4.26. The number of benzene rings is 2. The predicted molar refractivity (Wildman–Crippen MR) is 122 cm³/mol. The van der Waals surface area contributed by atoms with Crippen LogP contribution in [0.5, 0.6) is 0 Å². The summed E-state index contributed by atoms with van der Waals surface area (Å²) in [4.78, 5) is 44.7. The second-order valence-corrected chi connectivity index (χ2v) is 7.22. The van der Waals surface area contributed by atoms with Gasteiger partial charge in [0.15, 0.2) is 0 Å². The van der Waals surface area contributed by atoms with Crippen molar-refractivity contribution in [3.63, 3.8) is 0 Å². The van der Waals surface area contributed by atoms with Crippen molar-refractivity contribution in [2.75, 3.05) is 19.1 Å². The minimum absolute atomic E-state index is 0.0106. The third-order valence-corrected chi connectivity index (χ3v) is 5.24. The second-order valence-electron chi connectivity index (χ2n) is 7.22. The first-order valence-corrected chi connectivity index (χ1v) is 9.99. The number of hydrogen-bond acceptors (Lipinski definition) is 5. The molecule has 0 saturated heterocycles. The molecular weight excluding hydrogens is 406 g/mol. The number of carbonyl (C=O) groups is 2. The van der Waals surface area contributed by atoms with Gasteiger partial charge in [-0.05, 0) is 35.9 Å². The van der Waals surface area contributed by atoms with Gasteiger partial charge in [0.2, 0.25) is 0 Å². The predicted octanol–water partition coefficient (Wildman–Crippen LogP) is 3.51. The van der Waals surface area contributed by atoms with Crippen molar-refractivity contribution in [3.05, 3.63) is 106 Å². The van der Waals surface area contributed by atoms with Crippen LogP contribution in [0.2, 0.25) is 0 Å². The van der Waals surface area contributed by atoms with Crippen LogP contribution in [0.15, 0.2) is 83.8 Å². The maximum Gasteiger partial charge on any atom is 0.339 e. The average molecular weight is 427 g/mol. The van der Waals surface area contributed by atoms with E-state index >= 15 is 0 Å². The maximum atomic E-state index is 13.4. The Morgan fingerprint density at radius 3 is 2.44 bits per heavy atom. The molecule has 2 aromatic heterocycles. The fourth-order valence-corrected chi connectivity index (χ4v) is 3.61. The van der Waals surface area contributed by atoms with Crippen molar-refractivity contribution in [1.82, 2.24) is 9.55 Å². The lowest BCUT2D eigenvalue weighted by atomic mass is 10.1. The highest BCUT2D eigenvalue weighted by Gasteiger charge is 2.24. The first-order chi connectivity index (χ1) is 15.5. The number of nitrogens with zero attached hydrogens (tertiary/aromatic N) is 3.